The molecule has 0 aliphatic carbocycles. The normalized spacial score (nSPS) is 12.0. The Morgan fingerprint density at radius 1 is 1.50 bits per heavy atom. The third-order valence-corrected chi connectivity index (χ3v) is 1.49. The second kappa shape index (κ2) is 4.60. The fraction of sp³-hybridized carbons (Fsp3) is 0.750. The average molecular weight is 169 g/mol. The molecular weight excluding hydrogens is 154 g/mol. The largest absolute Gasteiger partial charge is 0.331 e. The number of hydrogen-bond acceptors (Lipinski definition) is 2. The summed E-state index contributed by atoms with van der Waals surface area (Å²) in [5.41, 5.74) is 0. The van der Waals surface area contributed by atoms with Gasteiger partial charge in [0.2, 0.25) is 0 Å². The van der Waals surface area contributed by atoms with Crippen molar-refractivity contribution in [1.29, 1.82) is 5.26 Å². The van der Waals surface area contributed by atoms with Crippen molar-refractivity contribution in [2.45, 2.75) is 19.9 Å². The van der Waals surface area contributed by atoms with Crippen LogP contribution >= 0.6 is 0 Å². The zero-order valence-electron chi connectivity index (χ0n) is 7.96. The van der Waals surface area contributed by atoms with Crippen molar-refractivity contribution in [2.75, 3.05) is 14.1 Å². The summed E-state index contributed by atoms with van der Waals surface area (Å²) in [5.74, 6) is 0.138. The van der Waals surface area contributed by atoms with E-state index in [4.69, 9.17) is 5.26 Å². The van der Waals surface area contributed by atoms with Crippen molar-refractivity contribution < 1.29 is 4.79 Å². The Bertz CT molecular complexity index is 193. The smallest absolute Gasteiger partial charge is 0.317 e. The first-order valence-electron chi connectivity index (χ1n) is 3.86. The monoisotopic (exact) mass is 169 g/mol. The summed E-state index contributed by atoms with van der Waals surface area (Å²) in [6.45, 7) is 3.79. The Balaban J connectivity index is 4.06. The minimum Gasteiger partial charge on any atom is -0.331 e. The van der Waals surface area contributed by atoms with Crippen LogP contribution in [0, 0.1) is 17.2 Å². The molecule has 4 heteroatoms. The third kappa shape index (κ3) is 3.24. The van der Waals surface area contributed by atoms with Gasteiger partial charge >= 0.3 is 6.03 Å². The van der Waals surface area contributed by atoms with Gasteiger partial charge in [-0.05, 0) is 5.92 Å². The standard InChI is InChI=1S/C8H15N3O/c1-6(2)7(5-9)10-8(12)11(3)4/h6-7H,1-4H3,(H,10,12)/t7-/m0/s1. The molecule has 0 aliphatic heterocycles. The van der Waals surface area contributed by atoms with E-state index in [1.165, 1.54) is 4.90 Å². The van der Waals surface area contributed by atoms with Crippen molar-refractivity contribution in [1.82, 2.24) is 10.2 Å². The van der Waals surface area contributed by atoms with Crippen molar-refractivity contribution in [3.8, 4) is 6.07 Å². The molecule has 0 aromatic carbocycles. The van der Waals surface area contributed by atoms with Crippen LogP contribution in [0.4, 0.5) is 4.79 Å². The summed E-state index contributed by atoms with van der Waals surface area (Å²) in [7, 11) is 3.29. The van der Waals surface area contributed by atoms with Crippen molar-refractivity contribution >= 4 is 6.03 Å². The number of hydrogen-bond donors (Lipinski definition) is 1. The Kier molecular flexibility index (Phi) is 4.12. The predicted molar refractivity (Wildman–Crippen MR) is 46.5 cm³/mol. The van der Waals surface area contributed by atoms with E-state index >= 15 is 0 Å². The molecule has 2 amide bonds. The lowest BCUT2D eigenvalue weighted by Gasteiger charge is -2.18. The van der Waals surface area contributed by atoms with Crippen LogP contribution in [0.3, 0.4) is 0 Å². The molecule has 68 valence electrons. The van der Waals surface area contributed by atoms with Gasteiger partial charge in [0.15, 0.2) is 0 Å². The highest BCUT2D eigenvalue weighted by Crippen LogP contribution is 1.99. The molecule has 0 radical (unpaired) electrons. The lowest BCUT2D eigenvalue weighted by Crippen LogP contribution is -2.43. The molecule has 4 nitrogen and oxygen atoms in total. The highest BCUT2D eigenvalue weighted by molar-refractivity contribution is 5.74. The molecule has 0 heterocycles. The molecule has 0 unspecified atom stereocenters. The second-order valence-electron chi connectivity index (χ2n) is 3.19. The van der Waals surface area contributed by atoms with Crippen LogP contribution in [-0.4, -0.2) is 31.1 Å². The number of amides is 2. The molecule has 0 aromatic rings. The van der Waals surface area contributed by atoms with E-state index in [2.05, 4.69) is 5.32 Å². The molecule has 0 fully saturated rings. The van der Waals surface area contributed by atoms with Gasteiger partial charge in [-0.1, -0.05) is 13.8 Å². The molecule has 12 heavy (non-hydrogen) atoms. The number of rotatable bonds is 2. The first-order valence-corrected chi connectivity index (χ1v) is 3.86. The zero-order valence-corrected chi connectivity index (χ0v) is 7.96. The maximum absolute atomic E-state index is 11.1. The summed E-state index contributed by atoms with van der Waals surface area (Å²) in [4.78, 5) is 12.5. The Morgan fingerprint density at radius 3 is 2.25 bits per heavy atom. The maximum Gasteiger partial charge on any atom is 0.317 e. The second-order valence-corrected chi connectivity index (χ2v) is 3.19. The number of nitriles is 1. The van der Waals surface area contributed by atoms with Crippen molar-refractivity contribution in [3.05, 3.63) is 0 Å². The predicted octanol–water partition coefficient (Wildman–Crippen LogP) is 0.806. The van der Waals surface area contributed by atoms with Gasteiger partial charge in [0, 0.05) is 14.1 Å². The molecular formula is C8H15N3O. The van der Waals surface area contributed by atoms with Gasteiger partial charge in [-0.15, -0.1) is 0 Å². The average Bonchev–Trinajstić information content (AvgIpc) is 1.98. The van der Waals surface area contributed by atoms with Crippen molar-refractivity contribution in [2.24, 2.45) is 5.92 Å². The van der Waals surface area contributed by atoms with Gasteiger partial charge < -0.3 is 10.2 Å². The van der Waals surface area contributed by atoms with Crippen LogP contribution in [0.25, 0.3) is 0 Å². The molecule has 1 atom stereocenters. The molecule has 1 N–H and O–H groups in total. The first kappa shape index (κ1) is 10.8. The van der Waals surface area contributed by atoms with Crippen LogP contribution in [0.15, 0.2) is 0 Å². The lowest BCUT2D eigenvalue weighted by atomic mass is 10.1. The highest BCUT2D eigenvalue weighted by Gasteiger charge is 2.15. The quantitative estimate of drug-likeness (QED) is 0.665. The molecule has 0 spiro atoms. The van der Waals surface area contributed by atoms with Crippen LogP contribution in [-0.2, 0) is 0 Å². The SMILES string of the molecule is CC(C)[C@H](C#N)NC(=O)N(C)C. The first-order chi connectivity index (χ1) is 5.49. The molecule has 0 saturated carbocycles. The highest BCUT2D eigenvalue weighted by atomic mass is 16.2. The Labute approximate surface area is 73.2 Å². The van der Waals surface area contributed by atoms with Crippen LogP contribution < -0.4 is 5.32 Å². The summed E-state index contributed by atoms with van der Waals surface area (Å²) >= 11 is 0. The molecule has 0 saturated heterocycles. The minimum atomic E-state index is -0.403. The number of nitrogens with zero attached hydrogens (tertiary/aromatic N) is 2. The lowest BCUT2D eigenvalue weighted by molar-refractivity contribution is 0.213. The number of carbonyl (C=O) groups excluding carboxylic acids is 1. The van der Waals surface area contributed by atoms with Gasteiger partial charge in [-0.3, -0.25) is 0 Å². The van der Waals surface area contributed by atoms with Gasteiger partial charge in [-0.2, -0.15) is 5.26 Å². The number of urea groups is 1. The Morgan fingerprint density at radius 2 is 2.00 bits per heavy atom. The van der Waals surface area contributed by atoms with Crippen LogP contribution in [0.5, 0.6) is 0 Å². The van der Waals surface area contributed by atoms with Gasteiger partial charge in [0.1, 0.15) is 6.04 Å². The van der Waals surface area contributed by atoms with E-state index in [9.17, 15) is 4.79 Å². The fourth-order valence-electron chi connectivity index (χ4n) is 0.610. The molecule has 0 aliphatic rings. The number of nitrogens with one attached hydrogen (secondary N) is 1. The van der Waals surface area contributed by atoms with E-state index in [0.29, 0.717) is 0 Å². The van der Waals surface area contributed by atoms with Crippen LogP contribution in [0.1, 0.15) is 13.8 Å². The van der Waals surface area contributed by atoms with Gasteiger partial charge in [0.05, 0.1) is 6.07 Å². The Hall–Kier alpha value is -1.24. The summed E-state index contributed by atoms with van der Waals surface area (Å²) < 4.78 is 0. The molecule has 0 rings (SSSR count). The molecule has 0 aromatic heterocycles. The van der Waals surface area contributed by atoms with E-state index in [-0.39, 0.29) is 11.9 Å². The summed E-state index contributed by atoms with van der Waals surface area (Å²) in [5, 5.41) is 11.2. The van der Waals surface area contributed by atoms with Gasteiger partial charge in [-0.25, -0.2) is 4.79 Å². The van der Waals surface area contributed by atoms with E-state index in [1.807, 2.05) is 19.9 Å². The van der Waals surface area contributed by atoms with E-state index in [1.54, 1.807) is 14.1 Å². The molecule has 0 bridgehead atoms. The maximum atomic E-state index is 11.1. The summed E-state index contributed by atoms with van der Waals surface area (Å²) in [6, 6.07) is 1.40. The van der Waals surface area contributed by atoms with Crippen molar-refractivity contribution in [3.63, 3.8) is 0 Å². The third-order valence-electron chi connectivity index (χ3n) is 1.49. The van der Waals surface area contributed by atoms with E-state index < -0.39 is 6.04 Å². The fourth-order valence-corrected chi connectivity index (χ4v) is 0.610. The topological polar surface area (TPSA) is 56.1 Å². The van der Waals surface area contributed by atoms with E-state index in [0.717, 1.165) is 0 Å². The van der Waals surface area contributed by atoms with Crippen LogP contribution in [0.2, 0.25) is 0 Å². The summed E-state index contributed by atoms with van der Waals surface area (Å²) in [6.07, 6.45) is 0. The van der Waals surface area contributed by atoms with Gasteiger partial charge in [0.25, 0.3) is 0 Å². The number of carbonyl (C=O) groups is 1. The minimum absolute atomic E-state index is 0.138. The zero-order chi connectivity index (χ0) is 9.72.